The largest absolute Gasteiger partial charge is 0.348 e. The smallest absolute Gasteiger partial charge is 0.214 e. The molecular weight excluding hydrogens is 282 g/mol. The second kappa shape index (κ2) is 5.38. The summed E-state index contributed by atoms with van der Waals surface area (Å²) < 4.78 is 26.4. The lowest BCUT2D eigenvalue weighted by Crippen LogP contribution is -2.41. The first kappa shape index (κ1) is 13.3. The van der Waals surface area contributed by atoms with Crippen LogP contribution >= 0.6 is 11.3 Å². The van der Waals surface area contributed by atoms with Crippen molar-refractivity contribution in [3.63, 3.8) is 0 Å². The molecule has 7 heteroatoms. The monoisotopic (exact) mass is 301 g/mol. The van der Waals surface area contributed by atoms with Gasteiger partial charge in [0.2, 0.25) is 10.0 Å². The van der Waals surface area contributed by atoms with Gasteiger partial charge in [-0.1, -0.05) is 0 Å². The van der Waals surface area contributed by atoms with Gasteiger partial charge < -0.3 is 4.90 Å². The Labute approximate surface area is 118 Å². The number of hydrogen-bond donors (Lipinski definition) is 1. The van der Waals surface area contributed by atoms with Crippen molar-refractivity contribution in [3.8, 4) is 0 Å². The van der Waals surface area contributed by atoms with Crippen molar-refractivity contribution in [2.24, 2.45) is 5.92 Å². The van der Waals surface area contributed by atoms with E-state index in [1.54, 1.807) is 11.3 Å². The Kier molecular flexibility index (Phi) is 3.77. The number of anilines is 1. The van der Waals surface area contributed by atoms with Crippen molar-refractivity contribution in [2.75, 3.05) is 24.5 Å². The molecule has 5 nitrogen and oxygen atoms in total. The Hall–Kier alpha value is -0.660. The lowest BCUT2D eigenvalue weighted by molar-refractivity contribution is 0.410. The average Bonchev–Trinajstić information content (AvgIpc) is 3.14. The van der Waals surface area contributed by atoms with Crippen molar-refractivity contribution in [2.45, 2.75) is 30.9 Å². The highest BCUT2D eigenvalue weighted by Gasteiger charge is 2.36. The van der Waals surface area contributed by atoms with E-state index in [1.807, 2.05) is 11.6 Å². The van der Waals surface area contributed by atoms with Crippen LogP contribution in [0.3, 0.4) is 0 Å². The Morgan fingerprint density at radius 1 is 1.42 bits per heavy atom. The van der Waals surface area contributed by atoms with Gasteiger partial charge in [-0.05, 0) is 31.6 Å². The second-order valence-corrected chi connectivity index (χ2v) is 8.28. The first-order valence-electron chi connectivity index (χ1n) is 6.78. The summed E-state index contributed by atoms with van der Waals surface area (Å²) in [6.45, 7) is 2.50. The molecule has 0 aromatic carbocycles. The molecule has 106 valence electrons. The second-order valence-electron chi connectivity index (χ2n) is 5.36. The Morgan fingerprint density at radius 2 is 2.26 bits per heavy atom. The minimum Gasteiger partial charge on any atom is -0.348 e. The lowest BCUT2D eigenvalue weighted by Gasteiger charge is -2.32. The third-order valence-corrected chi connectivity index (χ3v) is 6.50. The Morgan fingerprint density at radius 3 is 2.95 bits per heavy atom. The van der Waals surface area contributed by atoms with Gasteiger partial charge >= 0.3 is 0 Å². The van der Waals surface area contributed by atoms with Crippen LogP contribution < -0.4 is 9.62 Å². The molecule has 1 saturated heterocycles. The molecule has 1 saturated carbocycles. The number of rotatable bonds is 5. The minimum absolute atomic E-state index is 0.119. The van der Waals surface area contributed by atoms with Crippen molar-refractivity contribution in [1.29, 1.82) is 0 Å². The third kappa shape index (κ3) is 3.27. The van der Waals surface area contributed by atoms with Crippen LogP contribution in [-0.4, -0.2) is 38.3 Å². The average molecular weight is 301 g/mol. The van der Waals surface area contributed by atoms with Crippen LogP contribution in [-0.2, 0) is 10.0 Å². The number of nitrogens with one attached hydrogen (secondary N) is 1. The predicted octanol–water partition coefficient (Wildman–Crippen LogP) is 1.44. The first-order valence-corrected chi connectivity index (χ1v) is 9.20. The van der Waals surface area contributed by atoms with E-state index >= 15 is 0 Å². The number of piperidine rings is 1. The molecule has 3 rings (SSSR count). The molecule has 0 radical (unpaired) electrons. The van der Waals surface area contributed by atoms with Gasteiger partial charge in [0, 0.05) is 31.2 Å². The van der Waals surface area contributed by atoms with E-state index in [2.05, 4.69) is 14.6 Å². The molecule has 1 N–H and O–H groups in total. The van der Waals surface area contributed by atoms with Crippen LogP contribution in [0.2, 0.25) is 0 Å². The zero-order valence-corrected chi connectivity index (χ0v) is 12.4. The SMILES string of the molecule is O=S(=O)(NCC1CCCN(c2nccs2)C1)C1CC1. The summed E-state index contributed by atoms with van der Waals surface area (Å²) >= 11 is 1.65. The van der Waals surface area contributed by atoms with E-state index in [0.29, 0.717) is 12.5 Å². The maximum atomic E-state index is 11.8. The van der Waals surface area contributed by atoms with Gasteiger partial charge in [0.1, 0.15) is 0 Å². The van der Waals surface area contributed by atoms with Gasteiger partial charge in [0.15, 0.2) is 5.13 Å². The standard InChI is InChI=1S/C12H19N3O2S2/c16-19(17,11-3-4-11)14-8-10-2-1-6-15(9-10)12-13-5-7-18-12/h5,7,10-11,14H,1-4,6,8-9H2. The Bertz CT molecular complexity index is 511. The fourth-order valence-electron chi connectivity index (χ4n) is 2.51. The van der Waals surface area contributed by atoms with Crippen LogP contribution in [0.15, 0.2) is 11.6 Å². The summed E-state index contributed by atoms with van der Waals surface area (Å²) in [7, 11) is -3.04. The summed E-state index contributed by atoms with van der Waals surface area (Å²) in [5.74, 6) is 0.395. The molecule has 1 aliphatic carbocycles. The molecule has 0 amide bonds. The minimum atomic E-state index is -3.04. The molecule has 1 aliphatic heterocycles. The first-order chi connectivity index (χ1) is 9.15. The summed E-state index contributed by atoms with van der Waals surface area (Å²) in [6.07, 6.45) is 5.67. The van der Waals surface area contributed by atoms with Crippen molar-refractivity contribution < 1.29 is 8.42 Å². The molecule has 0 bridgehead atoms. The van der Waals surface area contributed by atoms with Gasteiger partial charge in [-0.3, -0.25) is 0 Å². The predicted molar refractivity (Wildman–Crippen MR) is 77.0 cm³/mol. The quantitative estimate of drug-likeness (QED) is 0.894. The van der Waals surface area contributed by atoms with E-state index < -0.39 is 10.0 Å². The Balaban J connectivity index is 1.54. The van der Waals surface area contributed by atoms with Gasteiger partial charge in [-0.15, -0.1) is 11.3 Å². The number of sulfonamides is 1. The van der Waals surface area contributed by atoms with Crippen LogP contribution in [0.4, 0.5) is 5.13 Å². The highest BCUT2D eigenvalue weighted by Crippen LogP contribution is 2.28. The van der Waals surface area contributed by atoms with E-state index in [0.717, 1.165) is 43.9 Å². The van der Waals surface area contributed by atoms with Gasteiger partial charge in [-0.25, -0.2) is 18.1 Å². The molecule has 2 aliphatic rings. The highest BCUT2D eigenvalue weighted by molar-refractivity contribution is 7.90. The van der Waals surface area contributed by atoms with E-state index in [4.69, 9.17) is 0 Å². The zero-order valence-electron chi connectivity index (χ0n) is 10.8. The third-order valence-electron chi connectivity index (χ3n) is 3.75. The lowest BCUT2D eigenvalue weighted by atomic mass is 9.99. The highest BCUT2D eigenvalue weighted by atomic mass is 32.2. The van der Waals surface area contributed by atoms with Crippen LogP contribution in [0.1, 0.15) is 25.7 Å². The fraction of sp³-hybridized carbons (Fsp3) is 0.750. The van der Waals surface area contributed by atoms with Crippen LogP contribution in [0.25, 0.3) is 0 Å². The number of thiazole rings is 1. The molecule has 1 aromatic heterocycles. The van der Waals surface area contributed by atoms with E-state index in [-0.39, 0.29) is 5.25 Å². The molecule has 19 heavy (non-hydrogen) atoms. The van der Waals surface area contributed by atoms with Gasteiger partial charge in [0.05, 0.1) is 5.25 Å². The normalized spacial score (nSPS) is 24.6. The number of aromatic nitrogens is 1. The molecule has 1 aromatic rings. The molecule has 2 fully saturated rings. The van der Waals surface area contributed by atoms with E-state index in [1.165, 1.54) is 0 Å². The fourth-order valence-corrected chi connectivity index (χ4v) is 4.65. The zero-order chi connectivity index (χ0) is 13.3. The number of nitrogens with zero attached hydrogens (tertiary/aromatic N) is 2. The maximum Gasteiger partial charge on any atom is 0.214 e. The molecular formula is C12H19N3O2S2. The maximum absolute atomic E-state index is 11.8. The van der Waals surface area contributed by atoms with Crippen LogP contribution in [0, 0.1) is 5.92 Å². The molecule has 1 unspecified atom stereocenters. The summed E-state index contributed by atoms with van der Waals surface area (Å²) in [6, 6.07) is 0. The number of hydrogen-bond acceptors (Lipinski definition) is 5. The summed E-state index contributed by atoms with van der Waals surface area (Å²) in [4.78, 5) is 6.60. The summed E-state index contributed by atoms with van der Waals surface area (Å²) in [5, 5.41) is 2.91. The van der Waals surface area contributed by atoms with Crippen molar-refractivity contribution in [3.05, 3.63) is 11.6 Å². The molecule has 0 spiro atoms. The van der Waals surface area contributed by atoms with E-state index in [9.17, 15) is 8.42 Å². The molecule has 1 atom stereocenters. The van der Waals surface area contributed by atoms with Crippen LogP contribution in [0.5, 0.6) is 0 Å². The van der Waals surface area contributed by atoms with Crippen molar-refractivity contribution in [1.82, 2.24) is 9.71 Å². The topological polar surface area (TPSA) is 62.3 Å². The summed E-state index contributed by atoms with van der Waals surface area (Å²) in [5.41, 5.74) is 0. The van der Waals surface area contributed by atoms with Gasteiger partial charge in [0.25, 0.3) is 0 Å². The van der Waals surface area contributed by atoms with Gasteiger partial charge in [-0.2, -0.15) is 0 Å². The van der Waals surface area contributed by atoms with Crippen molar-refractivity contribution >= 4 is 26.5 Å². The molecule has 2 heterocycles.